The van der Waals surface area contributed by atoms with E-state index in [1.807, 2.05) is 0 Å². The quantitative estimate of drug-likeness (QED) is 0.759. The van der Waals surface area contributed by atoms with Crippen molar-refractivity contribution in [2.24, 2.45) is 0 Å². The highest BCUT2D eigenvalue weighted by Gasteiger charge is 2.38. The van der Waals surface area contributed by atoms with Gasteiger partial charge in [-0.2, -0.15) is 11.8 Å². The van der Waals surface area contributed by atoms with Crippen molar-refractivity contribution in [3.63, 3.8) is 0 Å². The molecule has 3 unspecified atom stereocenters. The van der Waals surface area contributed by atoms with Crippen molar-refractivity contribution in [1.29, 1.82) is 0 Å². The number of rotatable bonds is 3. The topological polar surface area (TPSA) is 15.3 Å². The number of nitrogens with one attached hydrogen (secondary N) is 1. The summed E-state index contributed by atoms with van der Waals surface area (Å²) in [5.41, 5.74) is 0. The van der Waals surface area contributed by atoms with Crippen molar-refractivity contribution >= 4 is 11.8 Å². The summed E-state index contributed by atoms with van der Waals surface area (Å²) in [6, 6.07) is 1.77. The molecule has 14 heavy (non-hydrogen) atoms. The van der Waals surface area contributed by atoms with Crippen LogP contribution in [0.2, 0.25) is 0 Å². The number of hydrogen-bond acceptors (Lipinski definition) is 3. The Hall–Kier alpha value is 0.270. The predicted octanol–water partition coefficient (Wildman–Crippen LogP) is 1.32. The molecule has 3 rings (SSSR count). The summed E-state index contributed by atoms with van der Waals surface area (Å²) < 4.78 is 0. The highest BCUT2D eigenvalue weighted by atomic mass is 32.2. The van der Waals surface area contributed by atoms with Gasteiger partial charge in [-0.25, -0.2) is 0 Å². The maximum absolute atomic E-state index is 3.59. The molecule has 0 aliphatic carbocycles. The largest absolute Gasteiger partial charge is 0.314 e. The van der Waals surface area contributed by atoms with Crippen LogP contribution in [-0.2, 0) is 0 Å². The molecule has 3 heteroatoms. The molecule has 3 saturated heterocycles. The Morgan fingerprint density at radius 2 is 2.43 bits per heavy atom. The summed E-state index contributed by atoms with van der Waals surface area (Å²) in [4.78, 5) is 2.74. The lowest BCUT2D eigenvalue weighted by atomic mass is 10.1. The maximum atomic E-state index is 3.59. The molecule has 3 heterocycles. The van der Waals surface area contributed by atoms with Gasteiger partial charge in [0.25, 0.3) is 0 Å². The van der Waals surface area contributed by atoms with E-state index in [4.69, 9.17) is 0 Å². The van der Waals surface area contributed by atoms with E-state index in [1.165, 1.54) is 51.1 Å². The van der Waals surface area contributed by atoms with E-state index in [0.29, 0.717) is 0 Å². The second-order valence-electron chi connectivity index (χ2n) is 4.92. The first-order valence-electron chi connectivity index (χ1n) is 6.01. The van der Waals surface area contributed by atoms with Gasteiger partial charge in [0.05, 0.1) is 0 Å². The van der Waals surface area contributed by atoms with E-state index < -0.39 is 0 Å². The second kappa shape index (κ2) is 4.03. The zero-order chi connectivity index (χ0) is 9.38. The summed E-state index contributed by atoms with van der Waals surface area (Å²) in [6.45, 7) is 3.98. The van der Waals surface area contributed by atoms with Crippen LogP contribution in [0.25, 0.3) is 0 Å². The van der Waals surface area contributed by atoms with Gasteiger partial charge in [-0.1, -0.05) is 0 Å². The molecule has 2 nitrogen and oxygen atoms in total. The molecule has 0 aromatic carbocycles. The predicted molar refractivity (Wildman–Crippen MR) is 61.9 cm³/mol. The minimum atomic E-state index is 0.835. The van der Waals surface area contributed by atoms with E-state index in [0.717, 1.165) is 17.3 Å². The molecule has 3 atom stereocenters. The number of hydrogen-bond donors (Lipinski definition) is 1. The fraction of sp³-hybridized carbons (Fsp3) is 1.00. The molecule has 1 N–H and O–H groups in total. The van der Waals surface area contributed by atoms with Gasteiger partial charge in [0.15, 0.2) is 0 Å². The van der Waals surface area contributed by atoms with Crippen LogP contribution >= 0.6 is 11.8 Å². The third-order valence-corrected chi connectivity index (χ3v) is 5.33. The average molecular weight is 212 g/mol. The highest BCUT2D eigenvalue weighted by Crippen LogP contribution is 2.37. The molecule has 2 bridgehead atoms. The first-order chi connectivity index (χ1) is 6.92. The molecular weight excluding hydrogens is 192 g/mol. The fourth-order valence-corrected chi connectivity index (χ4v) is 4.57. The SMILES string of the molecule is C1CNC(CCN2CC3CC2CS3)C1. The van der Waals surface area contributed by atoms with Gasteiger partial charge in [-0.15, -0.1) is 0 Å². The Bertz CT molecular complexity index is 203. The lowest BCUT2D eigenvalue weighted by Crippen LogP contribution is -2.37. The molecular formula is C11H20N2S. The fourth-order valence-electron chi connectivity index (χ4n) is 3.08. The zero-order valence-corrected chi connectivity index (χ0v) is 9.56. The van der Waals surface area contributed by atoms with Crippen molar-refractivity contribution in [2.45, 2.75) is 43.0 Å². The van der Waals surface area contributed by atoms with Crippen LogP contribution in [0.5, 0.6) is 0 Å². The summed E-state index contributed by atoms with van der Waals surface area (Å²) in [5, 5.41) is 4.58. The minimum Gasteiger partial charge on any atom is -0.314 e. The molecule has 0 aromatic rings. The third kappa shape index (κ3) is 1.82. The monoisotopic (exact) mass is 212 g/mol. The van der Waals surface area contributed by atoms with Gasteiger partial charge in [0.2, 0.25) is 0 Å². The van der Waals surface area contributed by atoms with E-state index >= 15 is 0 Å². The first-order valence-corrected chi connectivity index (χ1v) is 7.06. The number of thioether (sulfide) groups is 1. The van der Waals surface area contributed by atoms with Crippen LogP contribution in [0.15, 0.2) is 0 Å². The van der Waals surface area contributed by atoms with Crippen LogP contribution in [0, 0.1) is 0 Å². The van der Waals surface area contributed by atoms with Gasteiger partial charge < -0.3 is 5.32 Å². The normalized spacial score (nSPS) is 42.4. The molecule has 0 aromatic heterocycles. The molecule has 3 fully saturated rings. The number of fused-ring (bicyclic) bond motifs is 2. The van der Waals surface area contributed by atoms with Crippen LogP contribution in [0.4, 0.5) is 0 Å². The van der Waals surface area contributed by atoms with Crippen molar-refractivity contribution in [3.05, 3.63) is 0 Å². The van der Waals surface area contributed by atoms with Crippen molar-refractivity contribution in [1.82, 2.24) is 10.2 Å². The van der Waals surface area contributed by atoms with Gasteiger partial charge in [-0.3, -0.25) is 4.90 Å². The van der Waals surface area contributed by atoms with Crippen LogP contribution in [0.3, 0.4) is 0 Å². The van der Waals surface area contributed by atoms with Gasteiger partial charge >= 0.3 is 0 Å². The van der Waals surface area contributed by atoms with E-state index in [2.05, 4.69) is 22.0 Å². The Morgan fingerprint density at radius 3 is 3.07 bits per heavy atom. The summed E-state index contributed by atoms with van der Waals surface area (Å²) in [5.74, 6) is 1.41. The Kier molecular flexibility index (Phi) is 2.73. The lowest BCUT2D eigenvalue weighted by molar-refractivity contribution is 0.255. The third-order valence-electron chi connectivity index (χ3n) is 3.94. The first kappa shape index (κ1) is 9.49. The number of nitrogens with zero attached hydrogens (tertiary/aromatic N) is 1. The van der Waals surface area contributed by atoms with E-state index in [9.17, 15) is 0 Å². The molecule has 0 radical (unpaired) electrons. The summed E-state index contributed by atoms with van der Waals surface area (Å²) in [7, 11) is 0. The Labute approximate surface area is 90.8 Å². The lowest BCUT2D eigenvalue weighted by Gasteiger charge is -2.27. The molecule has 3 aliphatic rings. The zero-order valence-electron chi connectivity index (χ0n) is 8.74. The molecule has 0 saturated carbocycles. The molecule has 80 valence electrons. The van der Waals surface area contributed by atoms with Crippen molar-refractivity contribution in [3.8, 4) is 0 Å². The highest BCUT2D eigenvalue weighted by molar-refractivity contribution is 8.00. The Morgan fingerprint density at radius 1 is 1.43 bits per heavy atom. The van der Waals surface area contributed by atoms with Crippen molar-refractivity contribution in [2.75, 3.05) is 25.4 Å². The standard InChI is InChI=1S/C11H20N2S/c1-2-9(12-4-1)3-5-13-7-11-6-10(13)8-14-11/h9-12H,1-8H2. The van der Waals surface area contributed by atoms with Crippen molar-refractivity contribution < 1.29 is 0 Å². The molecule has 0 amide bonds. The van der Waals surface area contributed by atoms with E-state index in [1.54, 1.807) is 0 Å². The summed E-state index contributed by atoms with van der Waals surface area (Å²) >= 11 is 2.20. The molecule has 0 spiro atoms. The smallest absolute Gasteiger partial charge is 0.0197 e. The van der Waals surface area contributed by atoms with Crippen LogP contribution < -0.4 is 5.32 Å². The second-order valence-corrected chi connectivity index (χ2v) is 6.26. The van der Waals surface area contributed by atoms with Crippen LogP contribution in [-0.4, -0.2) is 47.6 Å². The van der Waals surface area contributed by atoms with Gasteiger partial charge in [0, 0.05) is 29.6 Å². The number of likely N-dealkylation sites (tertiary alicyclic amines) is 1. The van der Waals surface area contributed by atoms with Crippen LogP contribution in [0.1, 0.15) is 25.7 Å². The Balaban J connectivity index is 1.44. The summed E-state index contributed by atoms with van der Waals surface area (Å²) in [6.07, 6.45) is 5.67. The molecule has 3 aliphatic heterocycles. The minimum absolute atomic E-state index is 0.835. The van der Waals surface area contributed by atoms with Gasteiger partial charge in [0.1, 0.15) is 0 Å². The maximum Gasteiger partial charge on any atom is 0.0197 e. The average Bonchev–Trinajstić information content (AvgIpc) is 2.91. The van der Waals surface area contributed by atoms with Gasteiger partial charge in [-0.05, 0) is 38.8 Å². The van der Waals surface area contributed by atoms with E-state index in [-0.39, 0.29) is 0 Å².